The van der Waals surface area contributed by atoms with Crippen LogP contribution in [0, 0.1) is 5.41 Å². The highest BCUT2D eigenvalue weighted by Crippen LogP contribution is 2.33. The van der Waals surface area contributed by atoms with E-state index in [9.17, 15) is 9.90 Å². The molecule has 0 aromatic carbocycles. The van der Waals surface area contributed by atoms with Crippen LogP contribution >= 0.6 is 0 Å². The summed E-state index contributed by atoms with van der Waals surface area (Å²) in [5.74, 6) is 0. The largest absolute Gasteiger partial charge is 0.465 e. The van der Waals surface area contributed by atoms with Crippen molar-refractivity contribution in [3.05, 3.63) is 18.5 Å². The topological polar surface area (TPSA) is 75.6 Å². The maximum Gasteiger partial charge on any atom is 0.407 e. The van der Waals surface area contributed by atoms with Gasteiger partial charge in [0.2, 0.25) is 0 Å². The zero-order valence-electron chi connectivity index (χ0n) is 12.1. The Hall–Kier alpha value is -1.85. The summed E-state index contributed by atoms with van der Waals surface area (Å²) in [6, 6.07) is 2.02. The molecule has 0 radical (unpaired) electrons. The summed E-state index contributed by atoms with van der Waals surface area (Å²) in [7, 11) is 0. The fraction of sp³-hybridized carbons (Fsp3) is 0.643. The summed E-state index contributed by atoms with van der Waals surface area (Å²) in [5, 5.41) is 9.31. The summed E-state index contributed by atoms with van der Waals surface area (Å²) in [5.41, 5.74) is -0.127. The van der Waals surface area contributed by atoms with E-state index >= 15 is 0 Å². The quantitative estimate of drug-likeness (QED) is 0.899. The van der Waals surface area contributed by atoms with E-state index in [0.29, 0.717) is 25.4 Å². The van der Waals surface area contributed by atoms with Crippen LogP contribution < -0.4 is 4.74 Å². The Balaban J connectivity index is 2.07. The Morgan fingerprint density at radius 1 is 1.40 bits per heavy atom. The van der Waals surface area contributed by atoms with Crippen LogP contribution in [0.1, 0.15) is 33.6 Å². The van der Waals surface area contributed by atoms with Gasteiger partial charge < -0.3 is 14.7 Å². The molecule has 1 aromatic heterocycles. The molecule has 1 aliphatic rings. The highest BCUT2D eigenvalue weighted by Gasteiger charge is 2.39. The molecule has 6 heteroatoms. The lowest BCUT2D eigenvalue weighted by atomic mass is 9.80. The van der Waals surface area contributed by atoms with Crippen molar-refractivity contribution in [3.63, 3.8) is 0 Å². The average molecular weight is 279 g/mol. The molecular formula is C14H21N3O3. The fourth-order valence-electron chi connectivity index (χ4n) is 2.59. The van der Waals surface area contributed by atoms with Crippen molar-refractivity contribution in [1.29, 1.82) is 0 Å². The molecule has 0 aliphatic carbocycles. The van der Waals surface area contributed by atoms with E-state index in [-0.39, 0.29) is 17.6 Å². The fourth-order valence-corrected chi connectivity index (χ4v) is 2.59. The van der Waals surface area contributed by atoms with Gasteiger partial charge in [-0.05, 0) is 11.5 Å². The minimum atomic E-state index is -0.862. The number of piperidine rings is 1. The average Bonchev–Trinajstić information content (AvgIpc) is 2.38. The van der Waals surface area contributed by atoms with Crippen LogP contribution in [-0.4, -0.2) is 44.8 Å². The Kier molecular flexibility index (Phi) is 4.11. The summed E-state index contributed by atoms with van der Waals surface area (Å²) in [6.07, 6.45) is 3.69. The van der Waals surface area contributed by atoms with Crippen molar-refractivity contribution in [1.82, 2.24) is 14.9 Å². The lowest BCUT2D eigenvalue weighted by Gasteiger charge is -2.44. The van der Waals surface area contributed by atoms with Crippen molar-refractivity contribution in [2.24, 2.45) is 5.41 Å². The molecule has 1 fully saturated rings. The molecule has 2 atom stereocenters. The number of aromatic nitrogens is 2. The summed E-state index contributed by atoms with van der Waals surface area (Å²) < 4.78 is 5.77. The highest BCUT2D eigenvalue weighted by atomic mass is 16.5. The zero-order chi connectivity index (χ0) is 14.8. The minimum Gasteiger partial charge on any atom is -0.465 e. The third-order valence-corrected chi connectivity index (χ3v) is 3.61. The van der Waals surface area contributed by atoms with Gasteiger partial charge in [-0.1, -0.05) is 20.8 Å². The van der Waals surface area contributed by atoms with Crippen molar-refractivity contribution in [3.8, 4) is 6.01 Å². The van der Waals surface area contributed by atoms with Crippen molar-refractivity contribution < 1.29 is 14.6 Å². The van der Waals surface area contributed by atoms with Crippen LogP contribution in [-0.2, 0) is 0 Å². The Morgan fingerprint density at radius 3 is 2.60 bits per heavy atom. The molecule has 110 valence electrons. The second-order valence-electron chi connectivity index (χ2n) is 6.15. The molecule has 0 saturated carbocycles. The van der Waals surface area contributed by atoms with Crippen molar-refractivity contribution >= 4 is 6.09 Å². The Morgan fingerprint density at radius 2 is 2.05 bits per heavy atom. The number of hydrogen-bond donors (Lipinski definition) is 1. The predicted octanol–water partition coefficient (Wildman–Crippen LogP) is 2.41. The molecule has 2 heterocycles. The standard InChI is InChI=1S/C14H21N3O3/c1-14(2,3)11-9-10(5-8-17(11)13(18)19)20-12-15-6-4-7-16-12/h4,6-7,10-11H,5,8-9H2,1-3H3,(H,18,19). The van der Waals surface area contributed by atoms with Crippen LogP contribution in [0.3, 0.4) is 0 Å². The van der Waals surface area contributed by atoms with Gasteiger partial charge in [-0.25, -0.2) is 14.8 Å². The summed E-state index contributed by atoms with van der Waals surface area (Å²) >= 11 is 0. The summed E-state index contributed by atoms with van der Waals surface area (Å²) in [6.45, 7) is 6.63. The third kappa shape index (κ3) is 3.37. The maximum atomic E-state index is 11.3. The number of amides is 1. The van der Waals surface area contributed by atoms with E-state index in [1.807, 2.05) is 0 Å². The number of carboxylic acid groups (broad SMARTS) is 1. The number of hydrogen-bond acceptors (Lipinski definition) is 4. The van der Waals surface area contributed by atoms with E-state index < -0.39 is 6.09 Å². The molecular weight excluding hydrogens is 258 g/mol. The first-order valence-electron chi connectivity index (χ1n) is 6.81. The Bertz CT molecular complexity index is 458. The monoisotopic (exact) mass is 279 g/mol. The van der Waals surface area contributed by atoms with Gasteiger partial charge in [-0.15, -0.1) is 0 Å². The van der Waals surface area contributed by atoms with Gasteiger partial charge >= 0.3 is 12.1 Å². The van der Waals surface area contributed by atoms with E-state index in [0.717, 1.165) is 0 Å². The molecule has 0 spiro atoms. The zero-order valence-corrected chi connectivity index (χ0v) is 12.1. The molecule has 2 unspecified atom stereocenters. The second kappa shape index (κ2) is 5.64. The molecule has 0 bridgehead atoms. The minimum absolute atomic E-state index is 0.0442. The van der Waals surface area contributed by atoms with Crippen molar-refractivity contribution in [2.75, 3.05) is 6.54 Å². The normalized spacial score (nSPS) is 23.4. The van der Waals surface area contributed by atoms with Gasteiger partial charge in [-0.2, -0.15) is 0 Å². The van der Waals surface area contributed by atoms with E-state index in [4.69, 9.17) is 4.74 Å². The smallest absolute Gasteiger partial charge is 0.407 e. The molecule has 1 amide bonds. The SMILES string of the molecule is CC(C)(C)C1CC(Oc2ncccn2)CCN1C(=O)O. The highest BCUT2D eigenvalue weighted by molar-refractivity contribution is 5.65. The van der Waals surface area contributed by atoms with Crippen LogP contribution in [0.5, 0.6) is 6.01 Å². The lowest BCUT2D eigenvalue weighted by Crippen LogP contribution is -2.53. The van der Waals surface area contributed by atoms with Crippen LogP contribution in [0.15, 0.2) is 18.5 Å². The van der Waals surface area contributed by atoms with E-state index in [1.165, 1.54) is 4.90 Å². The van der Waals surface area contributed by atoms with Gasteiger partial charge in [0.15, 0.2) is 0 Å². The maximum absolute atomic E-state index is 11.3. The molecule has 1 aromatic rings. The number of rotatable bonds is 2. The number of nitrogens with zero attached hydrogens (tertiary/aromatic N) is 3. The molecule has 1 saturated heterocycles. The molecule has 1 aliphatic heterocycles. The number of ether oxygens (including phenoxy) is 1. The first kappa shape index (κ1) is 14.6. The van der Waals surface area contributed by atoms with Crippen LogP contribution in [0.2, 0.25) is 0 Å². The first-order valence-corrected chi connectivity index (χ1v) is 6.81. The predicted molar refractivity (Wildman–Crippen MR) is 73.7 cm³/mol. The first-order chi connectivity index (χ1) is 9.38. The molecule has 2 rings (SSSR count). The van der Waals surface area contributed by atoms with Gasteiger partial charge in [0.1, 0.15) is 6.10 Å². The van der Waals surface area contributed by atoms with Gasteiger partial charge in [0, 0.05) is 37.8 Å². The van der Waals surface area contributed by atoms with Gasteiger partial charge in [-0.3, -0.25) is 0 Å². The van der Waals surface area contributed by atoms with E-state index in [2.05, 4.69) is 30.7 Å². The van der Waals surface area contributed by atoms with Crippen molar-refractivity contribution in [2.45, 2.75) is 45.8 Å². The lowest BCUT2D eigenvalue weighted by molar-refractivity contribution is 0.0101. The van der Waals surface area contributed by atoms with Gasteiger partial charge in [0.25, 0.3) is 0 Å². The number of carbonyl (C=O) groups is 1. The second-order valence-corrected chi connectivity index (χ2v) is 6.15. The molecule has 1 N–H and O–H groups in total. The summed E-state index contributed by atoms with van der Waals surface area (Å²) in [4.78, 5) is 21.0. The molecule has 6 nitrogen and oxygen atoms in total. The Labute approximate surface area is 118 Å². The third-order valence-electron chi connectivity index (χ3n) is 3.61. The number of likely N-dealkylation sites (tertiary alicyclic amines) is 1. The van der Waals surface area contributed by atoms with Crippen LogP contribution in [0.25, 0.3) is 0 Å². The van der Waals surface area contributed by atoms with E-state index in [1.54, 1.807) is 18.5 Å². The van der Waals surface area contributed by atoms with Gasteiger partial charge in [0.05, 0.1) is 0 Å². The molecule has 20 heavy (non-hydrogen) atoms. The van der Waals surface area contributed by atoms with Crippen LogP contribution in [0.4, 0.5) is 4.79 Å².